The van der Waals surface area contributed by atoms with Crippen molar-refractivity contribution in [1.82, 2.24) is 0 Å². The Bertz CT molecular complexity index is 1800. The molecule has 6 heteroatoms. The molecule has 0 aliphatic carbocycles. The highest BCUT2D eigenvalue weighted by Gasteiger charge is 2.27. The predicted molar refractivity (Wildman–Crippen MR) is 197 cm³/mol. The summed E-state index contributed by atoms with van der Waals surface area (Å²) in [5.41, 5.74) is 9.45. The third-order valence-corrected chi connectivity index (χ3v) is 13.6. The zero-order valence-corrected chi connectivity index (χ0v) is 29.0. The Hall–Kier alpha value is -1.70. The first kappa shape index (κ1) is 30.3. The van der Waals surface area contributed by atoms with E-state index in [2.05, 4.69) is 68.0 Å². The van der Waals surface area contributed by atoms with Crippen molar-refractivity contribution in [2.45, 2.75) is 116 Å². The molecular weight excluding hydrogens is 589 g/mol. The minimum Gasteiger partial charge on any atom is -0.381 e. The van der Waals surface area contributed by atoms with Crippen LogP contribution in [0.1, 0.15) is 110 Å². The van der Waals surface area contributed by atoms with Gasteiger partial charge >= 0.3 is 0 Å². The van der Waals surface area contributed by atoms with E-state index in [0.29, 0.717) is 6.04 Å². The zero-order valence-electron chi connectivity index (χ0n) is 25.7. The smallest absolute Gasteiger partial charge is 0.0545 e. The fourth-order valence-electron chi connectivity index (χ4n) is 6.57. The second kappa shape index (κ2) is 13.1. The van der Waals surface area contributed by atoms with Gasteiger partial charge in [-0.05, 0) is 49.8 Å². The van der Waals surface area contributed by atoms with Crippen LogP contribution in [-0.4, -0.2) is 6.04 Å². The molecule has 6 aromatic rings. The molecule has 0 radical (unpaired) electrons. The molecule has 0 bridgehead atoms. The number of nitrogens with one attached hydrogen (secondary N) is 1. The maximum atomic E-state index is 7.08. The van der Waals surface area contributed by atoms with Crippen LogP contribution in [0.15, 0.2) is 35.0 Å². The average molecular weight is 635 g/mol. The van der Waals surface area contributed by atoms with Gasteiger partial charge in [-0.25, -0.2) is 0 Å². The molecule has 0 amide bonds. The van der Waals surface area contributed by atoms with Gasteiger partial charge in [0, 0.05) is 57.3 Å². The SMILES string of the molecule is CCCCCCCC(C)Nc1csc2ccc3c4sc5c(ccc6scc(C(C)(N)CCCCCCC)c65)c4sc3c12. The van der Waals surface area contributed by atoms with Crippen LogP contribution in [0.3, 0.4) is 0 Å². The molecule has 224 valence electrons. The maximum Gasteiger partial charge on any atom is 0.0545 e. The summed E-state index contributed by atoms with van der Waals surface area (Å²) in [6, 6.07) is 9.92. The molecule has 0 saturated heterocycles. The first-order chi connectivity index (χ1) is 20.4. The van der Waals surface area contributed by atoms with Gasteiger partial charge in [-0.15, -0.1) is 45.3 Å². The average Bonchev–Trinajstić information content (AvgIpc) is 3.74. The summed E-state index contributed by atoms with van der Waals surface area (Å²) in [4.78, 5) is 0. The van der Waals surface area contributed by atoms with Crippen LogP contribution in [-0.2, 0) is 5.54 Å². The van der Waals surface area contributed by atoms with Crippen molar-refractivity contribution < 1.29 is 0 Å². The number of hydrogen-bond acceptors (Lipinski definition) is 6. The molecule has 3 N–H and O–H groups in total. The zero-order chi connectivity index (χ0) is 29.3. The Labute approximate surface area is 267 Å². The van der Waals surface area contributed by atoms with Crippen LogP contribution in [0.2, 0.25) is 0 Å². The van der Waals surface area contributed by atoms with E-state index in [1.165, 1.54) is 132 Å². The van der Waals surface area contributed by atoms with Gasteiger partial charge in [0.05, 0.1) is 15.1 Å². The van der Waals surface area contributed by atoms with E-state index in [1.54, 1.807) is 0 Å². The van der Waals surface area contributed by atoms with Crippen LogP contribution in [0.25, 0.3) is 49.7 Å². The third-order valence-electron chi connectivity index (χ3n) is 9.05. The molecule has 2 unspecified atom stereocenters. The summed E-state index contributed by atoms with van der Waals surface area (Å²) in [5.74, 6) is 0. The summed E-state index contributed by atoms with van der Waals surface area (Å²) in [5, 5.41) is 14.2. The van der Waals surface area contributed by atoms with E-state index in [-0.39, 0.29) is 5.54 Å². The molecule has 2 nitrogen and oxygen atoms in total. The molecule has 0 aliphatic heterocycles. The van der Waals surface area contributed by atoms with Crippen molar-refractivity contribution in [3.63, 3.8) is 0 Å². The molecule has 2 aromatic carbocycles. The summed E-state index contributed by atoms with van der Waals surface area (Å²) in [6.45, 7) is 9.18. The van der Waals surface area contributed by atoms with E-state index < -0.39 is 0 Å². The summed E-state index contributed by atoms with van der Waals surface area (Å²) >= 11 is 7.72. The monoisotopic (exact) mass is 634 g/mol. The quantitative estimate of drug-likeness (QED) is 0.110. The number of rotatable bonds is 15. The molecular formula is C36H46N2S4. The molecule has 6 rings (SSSR count). The van der Waals surface area contributed by atoms with Crippen molar-refractivity contribution in [2.24, 2.45) is 5.73 Å². The van der Waals surface area contributed by atoms with E-state index in [0.717, 1.165) is 6.42 Å². The largest absolute Gasteiger partial charge is 0.381 e. The Morgan fingerprint density at radius 2 is 1.29 bits per heavy atom. The molecule has 4 aromatic heterocycles. The van der Waals surface area contributed by atoms with E-state index in [9.17, 15) is 0 Å². The highest BCUT2D eigenvalue weighted by atomic mass is 32.1. The van der Waals surface area contributed by atoms with E-state index in [4.69, 9.17) is 5.73 Å². The van der Waals surface area contributed by atoms with Gasteiger partial charge in [-0.2, -0.15) is 0 Å². The molecule has 0 spiro atoms. The van der Waals surface area contributed by atoms with E-state index >= 15 is 0 Å². The summed E-state index contributed by atoms with van der Waals surface area (Å²) < 4.78 is 8.50. The van der Waals surface area contributed by atoms with Crippen molar-refractivity contribution in [3.8, 4) is 0 Å². The number of benzene rings is 2. The highest BCUT2D eigenvalue weighted by molar-refractivity contribution is 7.38. The number of unbranched alkanes of at least 4 members (excludes halogenated alkanes) is 8. The Morgan fingerprint density at radius 3 is 1.95 bits per heavy atom. The van der Waals surface area contributed by atoms with Crippen LogP contribution in [0.4, 0.5) is 5.69 Å². The molecule has 2 atom stereocenters. The topological polar surface area (TPSA) is 38.0 Å². The first-order valence-corrected chi connectivity index (χ1v) is 19.6. The normalized spacial score (nSPS) is 14.6. The number of fused-ring (bicyclic) bond motifs is 9. The Kier molecular flexibility index (Phi) is 9.47. The van der Waals surface area contributed by atoms with Crippen LogP contribution < -0.4 is 11.1 Å². The fourth-order valence-corrected chi connectivity index (χ4v) is 11.7. The van der Waals surface area contributed by atoms with Crippen molar-refractivity contribution >= 4 is 101 Å². The van der Waals surface area contributed by atoms with Crippen LogP contribution >= 0.6 is 45.3 Å². The lowest BCUT2D eigenvalue weighted by molar-refractivity contribution is 0.426. The molecule has 4 heterocycles. The lowest BCUT2D eigenvalue weighted by Crippen LogP contribution is -2.32. The van der Waals surface area contributed by atoms with Crippen molar-refractivity contribution in [2.75, 3.05) is 5.32 Å². The van der Waals surface area contributed by atoms with Gasteiger partial charge in [-0.1, -0.05) is 90.2 Å². The molecule has 0 aliphatic rings. The van der Waals surface area contributed by atoms with Crippen LogP contribution in [0, 0.1) is 0 Å². The highest BCUT2D eigenvalue weighted by Crippen LogP contribution is 2.51. The van der Waals surface area contributed by atoms with E-state index in [1.807, 2.05) is 45.3 Å². The Morgan fingerprint density at radius 1 is 0.714 bits per heavy atom. The number of thiophene rings is 4. The first-order valence-electron chi connectivity index (χ1n) is 16.2. The molecule has 0 fully saturated rings. The van der Waals surface area contributed by atoms with Gasteiger partial charge in [0.1, 0.15) is 0 Å². The minimum absolute atomic E-state index is 0.297. The van der Waals surface area contributed by atoms with Crippen molar-refractivity contribution in [1.29, 1.82) is 0 Å². The van der Waals surface area contributed by atoms with Crippen molar-refractivity contribution in [3.05, 3.63) is 40.6 Å². The maximum absolute atomic E-state index is 7.08. The van der Waals surface area contributed by atoms with Gasteiger partial charge < -0.3 is 11.1 Å². The molecule has 0 saturated carbocycles. The minimum atomic E-state index is -0.297. The summed E-state index contributed by atoms with van der Waals surface area (Å²) in [6.07, 6.45) is 15.4. The van der Waals surface area contributed by atoms with Crippen LogP contribution in [0.5, 0.6) is 0 Å². The summed E-state index contributed by atoms with van der Waals surface area (Å²) in [7, 11) is 0. The number of hydrogen-bond donors (Lipinski definition) is 2. The van der Waals surface area contributed by atoms with Gasteiger partial charge in [0.25, 0.3) is 0 Å². The fraction of sp³-hybridized carbons (Fsp3) is 0.500. The Balaban J connectivity index is 1.34. The van der Waals surface area contributed by atoms with Gasteiger partial charge in [0.15, 0.2) is 0 Å². The second-order valence-corrected chi connectivity index (χ2v) is 16.5. The number of anilines is 1. The standard InChI is InChI=1S/C36H46N2S4/c1-5-7-9-11-13-15-23(3)38-27-22-40-29-19-17-25-33(31(27)29)42-34-24-16-18-28-30(32(24)41-35(25)34)26(21-39-28)36(4,37)20-14-12-10-8-6-2/h16-19,21-23,38H,5-15,20,37H2,1-4H3. The second-order valence-electron chi connectivity index (χ2n) is 12.6. The van der Waals surface area contributed by atoms with Gasteiger partial charge in [-0.3, -0.25) is 0 Å². The predicted octanol–water partition coefficient (Wildman–Crippen LogP) is 13.4. The number of nitrogens with two attached hydrogens (primary N) is 1. The lowest BCUT2D eigenvalue weighted by Gasteiger charge is -2.25. The third kappa shape index (κ3) is 5.87. The van der Waals surface area contributed by atoms with Gasteiger partial charge in [0.2, 0.25) is 0 Å². The lowest BCUT2D eigenvalue weighted by atomic mass is 9.87. The molecule has 42 heavy (non-hydrogen) atoms.